The van der Waals surface area contributed by atoms with Crippen molar-refractivity contribution in [1.29, 1.82) is 0 Å². The Morgan fingerprint density at radius 1 is 1.56 bits per heavy atom. The van der Waals surface area contributed by atoms with Crippen LogP contribution in [0.25, 0.3) is 0 Å². The van der Waals surface area contributed by atoms with E-state index in [9.17, 15) is 13.6 Å². The molecule has 0 bridgehead atoms. The monoisotopic (exact) mass is 231 g/mol. The number of hydrogen-bond acceptors (Lipinski definition) is 4. The fraction of sp³-hybridized carbons (Fsp3) is 0.300. The second-order valence-corrected chi connectivity index (χ2v) is 3.06. The zero-order chi connectivity index (χ0) is 12.3. The van der Waals surface area contributed by atoms with E-state index < -0.39 is 28.9 Å². The minimum atomic E-state index is -1.29. The van der Waals surface area contributed by atoms with Crippen LogP contribution in [0.5, 0.6) is 11.5 Å². The van der Waals surface area contributed by atoms with Crippen molar-refractivity contribution < 1.29 is 23.4 Å². The van der Waals surface area contributed by atoms with Gasteiger partial charge in [0.05, 0.1) is 12.7 Å². The van der Waals surface area contributed by atoms with Crippen LogP contribution >= 0.6 is 0 Å². The van der Waals surface area contributed by atoms with Crippen molar-refractivity contribution in [2.24, 2.45) is 5.73 Å². The minimum absolute atomic E-state index is 0.0555. The predicted molar refractivity (Wildman–Crippen MR) is 52.6 cm³/mol. The summed E-state index contributed by atoms with van der Waals surface area (Å²) in [5.74, 6) is -4.68. The highest BCUT2D eigenvalue weighted by Gasteiger charge is 2.22. The molecule has 0 saturated carbocycles. The Balaban J connectivity index is 3.33. The summed E-state index contributed by atoms with van der Waals surface area (Å²) in [6.07, 6.45) is -0.0555. The summed E-state index contributed by atoms with van der Waals surface area (Å²) in [6.45, 7) is 0.0616. The van der Waals surface area contributed by atoms with Crippen LogP contribution in [0.15, 0.2) is 6.07 Å². The summed E-state index contributed by atoms with van der Waals surface area (Å²) in [4.78, 5) is 11.5. The molecule has 0 heterocycles. The number of phenols is 1. The third-order valence-corrected chi connectivity index (χ3v) is 2.03. The van der Waals surface area contributed by atoms with Crippen molar-refractivity contribution >= 4 is 5.78 Å². The molecule has 0 aliphatic carbocycles. The van der Waals surface area contributed by atoms with Gasteiger partial charge in [0.15, 0.2) is 23.1 Å². The molecule has 4 nitrogen and oxygen atoms in total. The van der Waals surface area contributed by atoms with Crippen LogP contribution in [-0.2, 0) is 0 Å². The smallest absolute Gasteiger partial charge is 0.210 e. The number of benzene rings is 1. The van der Waals surface area contributed by atoms with Gasteiger partial charge in [-0.1, -0.05) is 0 Å². The molecular formula is C10H11F2NO3. The van der Waals surface area contributed by atoms with Crippen molar-refractivity contribution in [3.05, 3.63) is 23.3 Å². The second kappa shape index (κ2) is 4.89. The molecule has 3 N–H and O–H groups in total. The maximum Gasteiger partial charge on any atom is 0.210 e. The fourth-order valence-electron chi connectivity index (χ4n) is 1.26. The molecule has 0 aliphatic heterocycles. The predicted octanol–water partition coefficient (Wildman–Crippen LogP) is 1.21. The molecule has 0 radical (unpaired) electrons. The first-order chi connectivity index (χ1) is 7.52. The number of phenolic OH excluding ortho intramolecular Hbond substituents is 1. The van der Waals surface area contributed by atoms with Gasteiger partial charge in [-0.05, 0) is 12.6 Å². The molecule has 0 atom stereocenters. The van der Waals surface area contributed by atoms with Gasteiger partial charge in [-0.25, -0.2) is 4.39 Å². The average molecular weight is 231 g/mol. The van der Waals surface area contributed by atoms with Crippen molar-refractivity contribution in [2.45, 2.75) is 6.42 Å². The van der Waals surface area contributed by atoms with E-state index in [2.05, 4.69) is 4.74 Å². The third kappa shape index (κ3) is 2.11. The van der Waals surface area contributed by atoms with E-state index in [1.54, 1.807) is 0 Å². The van der Waals surface area contributed by atoms with Crippen molar-refractivity contribution in [3.63, 3.8) is 0 Å². The highest BCUT2D eigenvalue weighted by atomic mass is 19.1. The second-order valence-electron chi connectivity index (χ2n) is 3.06. The van der Waals surface area contributed by atoms with E-state index in [1.807, 2.05) is 0 Å². The molecule has 0 aromatic heterocycles. The van der Waals surface area contributed by atoms with Crippen LogP contribution in [0.3, 0.4) is 0 Å². The van der Waals surface area contributed by atoms with Gasteiger partial charge in [0.2, 0.25) is 5.82 Å². The number of carbonyl (C=O) groups excluding carboxylic acids is 1. The molecule has 16 heavy (non-hydrogen) atoms. The Hall–Kier alpha value is -1.69. The summed E-state index contributed by atoms with van der Waals surface area (Å²) in [6, 6.07) is 0.731. The van der Waals surface area contributed by atoms with Crippen molar-refractivity contribution in [1.82, 2.24) is 0 Å². The van der Waals surface area contributed by atoms with Gasteiger partial charge in [0.1, 0.15) is 0 Å². The van der Waals surface area contributed by atoms with E-state index in [4.69, 9.17) is 10.8 Å². The molecule has 0 amide bonds. The van der Waals surface area contributed by atoms with Gasteiger partial charge in [-0.15, -0.1) is 0 Å². The lowest BCUT2D eigenvalue weighted by Gasteiger charge is -2.09. The Kier molecular flexibility index (Phi) is 3.78. The zero-order valence-electron chi connectivity index (χ0n) is 8.59. The standard InChI is InChI=1S/C10H11F2NO3/c1-16-10-5(7(14)2-3-13)4-6(11)9(15)8(10)12/h4,15H,2-3,13H2,1H3. The first kappa shape index (κ1) is 12.4. The number of halogens is 2. The topological polar surface area (TPSA) is 72.5 Å². The number of nitrogens with two attached hydrogens (primary N) is 1. The van der Waals surface area contributed by atoms with Gasteiger partial charge in [-0.2, -0.15) is 4.39 Å². The number of hydrogen-bond donors (Lipinski definition) is 2. The normalized spacial score (nSPS) is 10.2. The molecule has 1 aromatic carbocycles. The highest BCUT2D eigenvalue weighted by molar-refractivity contribution is 5.99. The first-order valence-corrected chi connectivity index (χ1v) is 4.51. The summed E-state index contributed by atoms with van der Waals surface area (Å²) < 4.78 is 31.0. The summed E-state index contributed by atoms with van der Waals surface area (Å²) in [7, 11) is 1.12. The Morgan fingerprint density at radius 3 is 2.69 bits per heavy atom. The van der Waals surface area contributed by atoms with Crippen molar-refractivity contribution in [3.8, 4) is 11.5 Å². The van der Waals surface area contributed by atoms with Crippen LogP contribution in [0.2, 0.25) is 0 Å². The SMILES string of the molecule is COc1c(C(=O)CCN)cc(F)c(O)c1F. The van der Waals surface area contributed by atoms with E-state index in [1.165, 1.54) is 0 Å². The van der Waals surface area contributed by atoms with E-state index in [-0.39, 0.29) is 18.5 Å². The van der Waals surface area contributed by atoms with Crippen LogP contribution in [0.1, 0.15) is 16.8 Å². The molecule has 0 saturated heterocycles. The number of methoxy groups -OCH3 is 1. The lowest BCUT2D eigenvalue weighted by Crippen LogP contribution is -2.10. The molecule has 6 heteroatoms. The van der Waals surface area contributed by atoms with Gasteiger partial charge < -0.3 is 15.6 Å². The number of ether oxygens (including phenoxy) is 1. The zero-order valence-corrected chi connectivity index (χ0v) is 8.59. The Bertz CT molecular complexity index is 421. The molecular weight excluding hydrogens is 220 g/mol. The molecule has 0 unspecified atom stereocenters. The lowest BCUT2D eigenvalue weighted by atomic mass is 10.1. The maximum absolute atomic E-state index is 13.3. The molecule has 0 fully saturated rings. The van der Waals surface area contributed by atoms with Gasteiger partial charge >= 0.3 is 0 Å². The number of ketones is 1. The Labute approximate surface area is 90.6 Å². The minimum Gasteiger partial charge on any atom is -0.503 e. The van der Waals surface area contributed by atoms with Crippen LogP contribution in [0.4, 0.5) is 8.78 Å². The summed E-state index contributed by atoms with van der Waals surface area (Å²) in [5.41, 5.74) is 4.90. The number of carbonyl (C=O) groups is 1. The van der Waals surface area contributed by atoms with Crippen LogP contribution in [0, 0.1) is 11.6 Å². The van der Waals surface area contributed by atoms with Gasteiger partial charge in [-0.3, -0.25) is 4.79 Å². The molecule has 88 valence electrons. The number of aromatic hydroxyl groups is 1. The van der Waals surface area contributed by atoms with E-state index in [0.29, 0.717) is 0 Å². The van der Waals surface area contributed by atoms with Crippen molar-refractivity contribution in [2.75, 3.05) is 13.7 Å². The fourth-order valence-corrected chi connectivity index (χ4v) is 1.26. The molecule has 1 aromatic rings. The highest BCUT2D eigenvalue weighted by Crippen LogP contribution is 2.32. The maximum atomic E-state index is 13.3. The third-order valence-electron chi connectivity index (χ3n) is 2.03. The van der Waals surface area contributed by atoms with Gasteiger partial charge in [0.25, 0.3) is 0 Å². The molecule has 1 rings (SSSR count). The Morgan fingerprint density at radius 2 is 2.19 bits per heavy atom. The summed E-state index contributed by atoms with van der Waals surface area (Å²) in [5, 5.41) is 8.99. The van der Waals surface area contributed by atoms with E-state index in [0.717, 1.165) is 13.2 Å². The lowest BCUT2D eigenvalue weighted by molar-refractivity contribution is 0.0981. The van der Waals surface area contributed by atoms with Crippen LogP contribution < -0.4 is 10.5 Å². The number of Topliss-reactive ketones (excluding diaryl/α,β-unsaturated/α-hetero) is 1. The summed E-state index contributed by atoms with van der Waals surface area (Å²) >= 11 is 0. The molecule has 0 aliphatic rings. The van der Waals surface area contributed by atoms with Gasteiger partial charge in [0, 0.05) is 6.42 Å². The van der Waals surface area contributed by atoms with E-state index >= 15 is 0 Å². The largest absolute Gasteiger partial charge is 0.503 e. The van der Waals surface area contributed by atoms with Crippen LogP contribution in [-0.4, -0.2) is 24.5 Å². The quantitative estimate of drug-likeness (QED) is 0.764. The first-order valence-electron chi connectivity index (χ1n) is 4.51. The molecule has 0 spiro atoms. The average Bonchev–Trinajstić information content (AvgIpc) is 2.26. The number of rotatable bonds is 4.